The third-order valence-corrected chi connectivity index (χ3v) is 5.19. The van der Waals surface area contributed by atoms with E-state index in [0.717, 1.165) is 24.0 Å². The highest BCUT2D eigenvalue weighted by atomic mass is 16.7. The maximum absolute atomic E-state index is 12.7. The molecule has 0 atom stereocenters. The highest BCUT2D eigenvalue weighted by molar-refractivity contribution is 6.45. The van der Waals surface area contributed by atoms with Gasteiger partial charge >= 0.3 is 5.97 Å². The fourth-order valence-electron chi connectivity index (χ4n) is 3.58. The first kappa shape index (κ1) is 19.0. The first-order valence-corrected chi connectivity index (χ1v) is 9.39. The molecule has 0 saturated heterocycles. The second-order valence-corrected chi connectivity index (χ2v) is 7.50. The number of ketones is 1. The van der Waals surface area contributed by atoms with Crippen LogP contribution in [0, 0.1) is 0 Å². The summed E-state index contributed by atoms with van der Waals surface area (Å²) < 4.78 is 0. The Balaban J connectivity index is 1.85. The molecule has 3 rings (SSSR count). The van der Waals surface area contributed by atoms with Crippen LogP contribution in [0.5, 0.6) is 0 Å². The van der Waals surface area contributed by atoms with E-state index in [1.165, 1.54) is 11.1 Å². The fraction of sp³-hybridized carbons (Fsp3) is 0.348. The van der Waals surface area contributed by atoms with Gasteiger partial charge in [0.25, 0.3) is 0 Å². The summed E-state index contributed by atoms with van der Waals surface area (Å²) in [6, 6.07) is 14.1. The molecular weight excluding hydrogens is 338 g/mol. The van der Waals surface area contributed by atoms with Gasteiger partial charge in [-0.15, -0.1) is 0 Å². The Morgan fingerprint density at radius 3 is 2.48 bits per heavy atom. The van der Waals surface area contributed by atoms with Crippen LogP contribution in [0.3, 0.4) is 0 Å². The number of rotatable bonds is 6. The molecule has 0 aliphatic heterocycles. The van der Waals surface area contributed by atoms with E-state index in [1.54, 1.807) is 6.92 Å². The van der Waals surface area contributed by atoms with E-state index >= 15 is 0 Å². The minimum Gasteiger partial charge on any atom is -0.318 e. The number of hydrogen-bond acceptors (Lipinski definition) is 4. The molecule has 2 aromatic carbocycles. The van der Waals surface area contributed by atoms with Crippen LogP contribution in [0.15, 0.2) is 47.6 Å². The summed E-state index contributed by atoms with van der Waals surface area (Å²) in [4.78, 5) is 29.2. The Kier molecular flexibility index (Phi) is 5.26. The monoisotopic (exact) mass is 363 g/mol. The van der Waals surface area contributed by atoms with E-state index < -0.39 is 5.97 Å². The molecule has 0 spiro atoms. The number of carbonyl (C=O) groups is 2. The van der Waals surface area contributed by atoms with Crippen LogP contribution in [-0.2, 0) is 15.0 Å². The lowest BCUT2D eigenvalue weighted by molar-refractivity contribution is -0.143. The van der Waals surface area contributed by atoms with Crippen molar-refractivity contribution in [2.24, 2.45) is 5.16 Å². The third kappa shape index (κ3) is 3.57. The summed E-state index contributed by atoms with van der Waals surface area (Å²) in [5, 5.41) is 3.74. The quantitative estimate of drug-likeness (QED) is 0.303. The molecule has 0 aromatic heterocycles. The number of unbranched alkanes of at least 4 members (excludes halogenated alkanes) is 1. The van der Waals surface area contributed by atoms with Gasteiger partial charge < -0.3 is 4.84 Å². The summed E-state index contributed by atoms with van der Waals surface area (Å²) in [7, 11) is 0. The first-order valence-electron chi connectivity index (χ1n) is 9.39. The average Bonchev–Trinajstić information content (AvgIpc) is 2.91. The van der Waals surface area contributed by atoms with Crippen molar-refractivity contribution in [3.63, 3.8) is 0 Å². The lowest BCUT2D eigenvalue weighted by atomic mass is 9.81. The number of oxime groups is 1. The van der Waals surface area contributed by atoms with E-state index in [1.807, 2.05) is 37.3 Å². The van der Waals surface area contributed by atoms with Crippen molar-refractivity contribution in [1.29, 1.82) is 0 Å². The molecule has 0 radical (unpaired) electrons. The zero-order chi connectivity index (χ0) is 19.6. The second-order valence-electron chi connectivity index (χ2n) is 7.50. The van der Waals surface area contributed by atoms with Crippen molar-refractivity contribution in [3.05, 3.63) is 59.2 Å². The van der Waals surface area contributed by atoms with Crippen LogP contribution in [0.2, 0.25) is 0 Å². The Labute approximate surface area is 160 Å². The van der Waals surface area contributed by atoms with Crippen LogP contribution in [0.25, 0.3) is 11.1 Å². The number of benzene rings is 2. The van der Waals surface area contributed by atoms with Gasteiger partial charge in [0, 0.05) is 17.4 Å². The molecule has 1 aliphatic rings. The molecule has 0 saturated carbocycles. The van der Waals surface area contributed by atoms with Gasteiger partial charge in [0.15, 0.2) is 0 Å². The van der Waals surface area contributed by atoms with E-state index in [2.05, 4.69) is 31.1 Å². The Bertz CT molecular complexity index is 925. The van der Waals surface area contributed by atoms with Gasteiger partial charge in [0.05, 0.1) is 0 Å². The third-order valence-electron chi connectivity index (χ3n) is 5.19. The van der Waals surface area contributed by atoms with Crippen molar-refractivity contribution >= 4 is 17.5 Å². The molecule has 1 aliphatic carbocycles. The summed E-state index contributed by atoms with van der Waals surface area (Å²) in [5.74, 6) is -0.637. The smallest absolute Gasteiger partial charge is 0.318 e. The molecule has 0 N–H and O–H groups in total. The summed E-state index contributed by atoms with van der Waals surface area (Å²) >= 11 is 0. The lowest BCUT2D eigenvalue weighted by Gasteiger charge is -2.21. The first-order chi connectivity index (χ1) is 12.9. The number of nitrogens with zero attached hydrogens (tertiary/aromatic N) is 1. The molecule has 4 nitrogen and oxygen atoms in total. The van der Waals surface area contributed by atoms with Gasteiger partial charge in [-0.1, -0.05) is 68.7 Å². The van der Waals surface area contributed by atoms with Crippen LogP contribution in [0.4, 0.5) is 0 Å². The summed E-state index contributed by atoms with van der Waals surface area (Å²) in [6.07, 6.45) is 1.97. The maximum atomic E-state index is 12.7. The minimum atomic E-state index is -0.408. The van der Waals surface area contributed by atoms with E-state index in [9.17, 15) is 9.59 Å². The zero-order valence-electron chi connectivity index (χ0n) is 16.3. The van der Waals surface area contributed by atoms with Gasteiger partial charge in [0.2, 0.25) is 5.78 Å². The number of hydrogen-bond donors (Lipinski definition) is 0. The van der Waals surface area contributed by atoms with Crippen molar-refractivity contribution < 1.29 is 14.4 Å². The number of Topliss-reactive ketones (excluding diaryl/α,β-unsaturated/α-hetero) is 1. The van der Waals surface area contributed by atoms with Crippen LogP contribution >= 0.6 is 0 Å². The molecule has 27 heavy (non-hydrogen) atoms. The SMILES string of the molecule is CCCCC(=O)O/N=C(/C)C(=O)c1ccc2c(c1)C(C)(C)c1ccccc1-2. The average molecular weight is 363 g/mol. The molecule has 0 bridgehead atoms. The normalized spacial score (nSPS) is 14.4. The largest absolute Gasteiger partial charge is 0.335 e. The Morgan fingerprint density at radius 2 is 1.74 bits per heavy atom. The number of fused-ring (bicyclic) bond motifs is 3. The van der Waals surface area contributed by atoms with Gasteiger partial charge in [-0.25, -0.2) is 4.79 Å². The van der Waals surface area contributed by atoms with Gasteiger partial charge in [-0.2, -0.15) is 0 Å². The van der Waals surface area contributed by atoms with E-state index in [-0.39, 0.29) is 16.9 Å². The predicted molar refractivity (Wildman–Crippen MR) is 107 cm³/mol. The molecule has 2 aromatic rings. The standard InChI is InChI=1S/C23H25NO3/c1-5-6-11-21(25)27-24-15(2)22(26)16-12-13-18-17-9-7-8-10-19(17)23(3,4)20(18)14-16/h7-10,12-14H,5-6,11H2,1-4H3/b24-15-. The highest BCUT2D eigenvalue weighted by Crippen LogP contribution is 2.48. The summed E-state index contributed by atoms with van der Waals surface area (Å²) in [5.41, 5.74) is 5.33. The van der Waals surface area contributed by atoms with E-state index in [0.29, 0.717) is 12.0 Å². The lowest BCUT2D eigenvalue weighted by Crippen LogP contribution is -2.17. The minimum absolute atomic E-state index is 0.167. The summed E-state index contributed by atoms with van der Waals surface area (Å²) in [6.45, 7) is 7.91. The topological polar surface area (TPSA) is 55.7 Å². The molecule has 0 unspecified atom stereocenters. The molecule has 140 valence electrons. The fourth-order valence-corrected chi connectivity index (χ4v) is 3.58. The van der Waals surface area contributed by atoms with Crippen molar-refractivity contribution in [3.8, 4) is 11.1 Å². The molecular formula is C23H25NO3. The van der Waals surface area contributed by atoms with Crippen molar-refractivity contribution in [1.82, 2.24) is 0 Å². The molecule has 0 heterocycles. The molecule has 4 heteroatoms. The second kappa shape index (κ2) is 7.47. The van der Waals surface area contributed by atoms with Crippen molar-refractivity contribution in [2.45, 2.75) is 52.4 Å². The highest BCUT2D eigenvalue weighted by Gasteiger charge is 2.35. The number of carbonyl (C=O) groups excluding carboxylic acids is 2. The Morgan fingerprint density at radius 1 is 1.04 bits per heavy atom. The van der Waals surface area contributed by atoms with Crippen LogP contribution in [-0.4, -0.2) is 17.5 Å². The predicted octanol–water partition coefficient (Wildman–Crippen LogP) is 5.28. The molecule has 0 amide bonds. The van der Waals surface area contributed by atoms with Gasteiger partial charge in [-0.3, -0.25) is 4.79 Å². The maximum Gasteiger partial charge on any atom is 0.335 e. The Hall–Kier alpha value is -2.75. The van der Waals surface area contributed by atoms with Crippen molar-refractivity contribution in [2.75, 3.05) is 0 Å². The van der Waals surface area contributed by atoms with Crippen LogP contribution in [0.1, 0.15) is 68.4 Å². The van der Waals surface area contributed by atoms with Gasteiger partial charge in [0.1, 0.15) is 5.71 Å². The van der Waals surface area contributed by atoms with Crippen LogP contribution < -0.4 is 0 Å². The molecule has 0 fully saturated rings. The van der Waals surface area contributed by atoms with E-state index in [4.69, 9.17) is 4.84 Å². The van der Waals surface area contributed by atoms with Gasteiger partial charge in [-0.05, 0) is 41.7 Å². The zero-order valence-corrected chi connectivity index (χ0v) is 16.3.